The van der Waals surface area contributed by atoms with Gasteiger partial charge in [-0.1, -0.05) is 12.7 Å². The zero-order valence-corrected chi connectivity index (χ0v) is 9.37. The molecule has 80 valence electrons. The molecule has 0 aliphatic carbocycles. The van der Waals surface area contributed by atoms with Crippen LogP contribution in [0.25, 0.3) is 6.08 Å². The van der Waals surface area contributed by atoms with Crippen molar-refractivity contribution in [3.8, 4) is 0 Å². The van der Waals surface area contributed by atoms with Gasteiger partial charge in [0.25, 0.3) is 0 Å². The summed E-state index contributed by atoms with van der Waals surface area (Å²) in [5.41, 5.74) is 2.21. The highest BCUT2D eigenvalue weighted by atomic mass is 15.2. The molecule has 0 radical (unpaired) electrons. The summed E-state index contributed by atoms with van der Waals surface area (Å²) in [6, 6.07) is 4.22. The summed E-state index contributed by atoms with van der Waals surface area (Å²) in [5.74, 6) is 1.12. The van der Waals surface area contributed by atoms with Crippen molar-refractivity contribution in [2.24, 2.45) is 0 Å². The molecule has 15 heavy (non-hydrogen) atoms. The first-order valence-electron chi connectivity index (χ1n) is 5.66. The molecular formula is C13H18N2. The summed E-state index contributed by atoms with van der Waals surface area (Å²) >= 11 is 0. The topological polar surface area (TPSA) is 16.1 Å². The fourth-order valence-corrected chi connectivity index (χ4v) is 2.07. The van der Waals surface area contributed by atoms with Crippen LogP contribution in [-0.4, -0.2) is 18.1 Å². The fraction of sp³-hybridized carbons (Fsp3) is 0.462. The van der Waals surface area contributed by atoms with Crippen molar-refractivity contribution in [2.45, 2.75) is 26.2 Å². The van der Waals surface area contributed by atoms with Crippen LogP contribution in [0, 0.1) is 6.92 Å². The highest BCUT2D eigenvalue weighted by molar-refractivity contribution is 5.53. The van der Waals surface area contributed by atoms with Crippen LogP contribution in [0.5, 0.6) is 0 Å². The maximum absolute atomic E-state index is 4.62. The lowest BCUT2D eigenvalue weighted by molar-refractivity contribution is 0.573. The molecule has 0 spiro atoms. The molecule has 1 aromatic heterocycles. The fourth-order valence-electron chi connectivity index (χ4n) is 2.07. The van der Waals surface area contributed by atoms with Crippen LogP contribution < -0.4 is 4.90 Å². The van der Waals surface area contributed by atoms with Crippen molar-refractivity contribution in [3.63, 3.8) is 0 Å². The van der Waals surface area contributed by atoms with Crippen molar-refractivity contribution in [1.29, 1.82) is 0 Å². The van der Waals surface area contributed by atoms with Crippen LogP contribution in [0.2, 0.25) is 0 Å². The van der Waals surface area contributed by atoms with Gasteiger partial charge in [0.05, 0.1) is 0 Å². The molecule has 2 heteroatoms. The van der Waals surface area contributed by atoms with E-state index >= 15 is 0 Å². The second-order valence-corrected chi connectivity index (χ2v) is 4.10. The Labute approximate surface area is 91.6 Å². The third-order valence-corrected chi connectivity index (χ3v) is 3.01. The zero-order chi connectivity index (χ0) is 10.7. The predicted molar refractivity (Wildman–Crippen MR) is 65.1 cm³/mol. The first-order valence-corrected chi connectivity index (χ1v) is 5.66. The summed E-state index contributed by atoms with van der Waals surface area (Å²) in [7, 11) is 0. The maximum atomic E-state index is 4.62. The molecule has 1 fully saturated rings. The minimum atomic E-state index is 1.08. The Kier molecular flexibility index (Phi) is 3.05. The number of piperidine rings is 1. The average molecular weight is 202 g/mol. The molecule has 0 N–H and O–H groups in total. The molecule has 0 amide bonds. The molecule has 0 aromatic carbocycles. The molecule has 0 bridgehead atoms. The normalized spacial score (nSPS) is 16.5. The highest BCUT2D eigenvalue weighted by Gasteiger charge is 2.12. The quantitative estimate of drug-likeness (QED) is 0.733. The molecule has 1 aliphatic rings. The Morgan fingerprint density at radius 3 is 2.60 bits per heavy atom. The smallest absolute Gasteiger partial charge is 0.128 e. The SMILES string of the molecule is C=Cc1ccc(N2CCCCC2)nc1C. The van der Waals surface area contributed by atoms with Crippen molar-refractivity contribution in [2.75, 3.05) is 18.0 Å². The molecular weight excluding hydrogens is 184 g/mol. The molecule has 2 heterocycles. The Morgan fingerprint density at radius 2 is 2.00 bits per heavy atom. The van der Waals surface area contributed by atoms with Gasteiger partial charge in [0, 0.05) is 18.8 Å². The second-order valence-electron chi connectivity index (χ2n) is 4.10. The predicted octanol–water partition coefficient (Wildman–Crippen LogP) is 3.02. The van der Waals surface area contributed by atoms with Crippen LogP contribution in [0.4, 0.5) is 5.82 Å². The van der Waals surface area contributed by atoms with E-state index in [1.807, 2.05) is 13.0 Å². The van der Waals surface area contributed by atoms with E-state index in [9.17, 15) is 0 Å². The van der Waals surface area contributed by atoms with Crippen molar-refractivity contribution >= 4 is 11.9 Å². The molecule has 2 nitrogen and oxygen atoms in total. The summed E-state index contributed by atoms with van der Waals surface area (Å²) < 4.78 is 0. The van der Waals surface area contributed by atoms with Crippen molar-refractivity contribution in [3.05, 3.63) is 30.0 Å². The molecule has 0 unspecified atom stereocenters. The van der Waals surface area contributed by atoms with E-state index in [1.165, 1.54) is 19.3 Å². The van der Waals surface area contributed by atoms with Gasteiger partial charge in [-0.3, -0.25) is 0 Å². The lowest BCUT2D eigenvalue weighted by Crippen LogP contribution is -2.30. The van der Waals surface area contributed by atoms with E-state index in [0.717, 1.165) is 30.2 Å². The van der Waals surface area contributed by atoms with Crippen LogP contribution in [0.3, 0.4) is 0 Å². The van der Waals surface area contributed by atoms with E-state index in [1.54, 1.807) is 0 Å². The van der Waals surface area contributed by atoms with E-state index in [0.29, 0.717) is 0 Å². The van der Waals surface area contributed by atoms with Crippen LogP contribution in [-0.2, 0) is 0 Å². The molecule has 1 aliphatic heterocycles. The highest BCUT2D eigenvalue weighted by Crippen LogP contribution is 2.19. The number of nitrogens with zero attached hydrogens (tertiary/aromatic N) is 2. The molecule has 1 saturated heterocycles. The first kappa shape index (κ1) is 10.2. The summed E-state index contributed by atoms with van der Waals surface area (Å²) in [4.78, 5) is 7.00. The third kappa shape index (κ3) is 2.20. The zero-order valence-electron chi connectivity index (χ0n) is 9.37. The number of hydrogen-bond acceptors (Lipinski definition) is 2. The van der Waals surface area contributed by atoms with Gasteiger partial charge >= 0.3 is 0 Å². The minimum absolute atomic E-state index is 1.08. The number of aryl methyl sites for hydroxylation is 1. The van der Waals surface area contributed by atoms with Gasteiger partial charge in [0.2, 0.25) is 0 Å². The number of hydrogen-bond donors (Lipinski definition) is 0. The number of rotatable bonds is 2. The number of anilines is 1. The Hall–Kier alpha value is -1.31. The van der Waals surface area contributed by atoms with E-state index < -0.39 is 0 Å². The van der Waals surface area contributed by atoms with Gasteiger partial charge in [0.1, 0.15) is 5.82 Å². The summed E-state index contributed by atoms with van der Waals surface area (Å²) in [5, 5.41) is 0. The largest absolute Gasteiger partial charge is 0.357 e. The average Bonchev–Trinajstić information content (AvgIpc) is 2.30. The summed E-state index contributed by atoms with van der Waals surface area (Å²) in [6.45, 7) is 8.13. The third-order valence-electron chi connectivity index (χ3n) is 3.01. The van der Waals surface area contributed by atoms with Crippen LogP contribution in [0.1, 0.15) is 30.5 Å². The molecule has 0 atom stereocenters. The number of pyridine rings is 1. The van der Waals surface area contributed by atoms with Gasteiger partial charge in [-0.15, -0.1) is 0 Å². The monoisotopic (exact) mass is 202 g/mol. The van der Waals surface area contributed by atoms with E-state index in [4.69, 9.17) is 0 Å². The molecule has 0 saturated carbocycles. The maximum Gasteiger partial charge on any atom is 0.128 e. The van der Waals surface area contributed by atoms with Crippen molar-refractivity contribution in [1.82, 2.24) is 4.98 Å². The van der Waals surface area contributed by atoms with Gasteiger partial charge in [-0.25, -0.2) is 4.98 Å². The van der Waals surface area contributed by atoms with E-state index in [-0.39, 0.29) is 0 Å². The van der Waals surface area contributed by atoms with Crippen molar-refractivity contribution < 1.29 is 0 Å². The standard InChI is InChI=1S/C13H18N2/c1-3-12-7-8-13(14-11(12)2)15-9-5-4-6-10-15/h3,7-8H,1,4-6,9-10H2,2H3. The Morgan fingerprint density at radius 1 is 1.27 bits per heavy atom. The lowest BCUT2D eigenvalue weighted by atomic mass is 10.1. The van der Waals surface area contributed by atoms with Gasteiger partial charge in [0.15, 0.2) is 0 Å². The van der Waals surface area contributed by atoms with Crippen LogP contribution in [0.15, 0.2) is 18.7 Å². The van der Waals surface area contributed by atoms with E-state index in [2.05, 4.69) is 28.6 Å². The Bertz CT molecular complexity index is 352. The molecule has 2 rings (SSSR count). The van der Waals surface area contributed by atoms with Gasteiger partial charge in [-0.2, -0.15) is 0 Å². The molecule has 1 aromatic rings. The number of aromatic nitrogens is 1. The first-order chi connectivity index (χ1) is 7.31. The van der Waals surface area contributed by atoms with Gasteiger partial charge < -0.3 is 4.90 Å². The lowest BCUT2D eigenvalue weighted by Gasteiger charge is -2.28. The van der Waals surface area contributed by atoms with Gasteiger partial charge in [-0.05, 0) is 43.9 Å². The summed E-state index contributed by atoms with van der Waals surface area (Å²) in [6.07, 6.45) is 5.82. The minimum Gasteiger partial charge on any atom is -0.357 e. The van der Waals surface area contributed by atoms with Crippen LogP contribution >= 0.6 is 0 Å². The second kappa shape index (κ2) is 4.47. The Balaban J connectivity index is 2.21.